The predicted molar refractivity (Wildman–Crippen MR) is 111 cm³/mol. The monoisotopic (exact) mass is 433 g/mol. The Balaban J connectivity index is 1.85. The van der Waals surface area contributed by atoms with Crippen LogP contribution in [0.25, 0.3) is 0 Å². The molecule has 0 spiro atoms. The summed E-state index contributed by atoms with van der Waals surface area (Å²) in [6.45, 7) is 0. The second-order valence-electron chi connectivity index (χ2n) is 6.04. The van der Waals surface area contributed by atoms with Crippen molar-refractivity contribution in [1.29, 1.82) is 0 Å². The van der Waals surface area contributed by atoms with Crippen LogP contribution in [-0.4, -0.2) is 21.4 Å². The lowest BCUT2D eigenvalue weighted by molar-refractivity contribution is 0.0962. The maximum atomic E-state index is 13.1. The van der Waals surface area contributed by atoms with Crippen LogP contribution in [-0.2, 0) is 10.0 Å². The number of sulfonamides is 1. The molecule has 0 saturated carbocycles. The molecule has 0 heterocycles. The lowest BCUT2D eigenvalue weighted by Gasteiger charge is -2.20. The third-order valence-corrected chi connectivity index (χ3v) is 6.24. The lowest BCUT2D eigenvalue weighted by Crippen LogP contribution is -2.30. The van der Waals surface area contributed by atoms with Crippen LogP contribution < -0.4 is 15.2 Å². The minimum absolute atomic E-state index is 0.0105. The number of hydrogen-bond donors (Lipinski definition) is 2. The molecule has 0 bridgehead atoms. The number of carbonyl (C=O) groups is 1. The number of hydrazine groups is 1. The maximum absolute atomic E-state index is 13.1. The molecule has 0 aliphatic heterocycles. The second kappa shape index (κ2) is 8.50. The van der Waals surface area contributed by atoms with E-state index in [1.807, 2.05) is 6.07 Å². The Labute approximate surface area is 172 Å². The highest BCUT2D eigenvalue weighted by molar-refractivity contribution is 7.92. The summed E-state index contributed by atoms with van der Waals surface area (Å²) in [5.74, 6) is -1.07. The minimum Gasteiger partial charge on any atom is -0.298 e. The Morgan fingerprint density at radius 3 is 2.31 bits per heavy atom. The first-order valence-electron chi connectivity index (χ1n) is 8.44. The van der Waals surface area contributed by atoms with E-state index in [-0.39, 0.29) is 21.2 Å². The van der Waals surface area contributed by atoms with Crippen molar-refractivity contribution in [3.8, 4) is 0 Å². The molecule has 0 unspecified atom stereocenters. The summed E-state index contributed by atoms with van der Waals surface area (Å²) in [6, 6.07) is 17.8. The topological polar surface area (TPSA) is 78.5 Å². The number of halogens is 2. The normalized spacial score (nSPS) is 11.0. The van der Waals surface area contributed by atoms with E-state index in [9.17, 15) is 17.6 Å². The molecule has 3 aromatic rings. The van der Waals surface area contributed by atoms with Gasteiger partial charge >= 0.3 is 0 Å². The predicted octanol–water partition coefficient (Wildman–Crippen LogP) is 4.06. The fraction of sp³-hybridized carbons (Fsp3) is 0.0500. The zero-order chi connectivity index (χ0) is 21.0. The van der Waals surface area contributed by atoms with Crippen molar-refractivity contribution >= 4 is 38.9 Å². The molecule has 0 aliphatic carbocycles. The molecular formula is C20H17ClFN3O3S. The fourth-order valence-corrected chi connectivity index (χ4v) is 3.93. The Hall–Kier alpha value is -3.10. The summed E-state index contributed by atoms with van der Waals surface area (Å²) in [6.07, 6.45) is 0. The van der Waals surface area contributed by atoms with Gasteiger partial charge in [0, 0.05) is 7.05 Å². The molecule has 0 radical (unpaired) electrons. The first-order chi connectivity index (χ1) is 13.8. The van der Waals surface area contributed by atoms with Crippen LogP contribution in [0.3, 0.4) is 0 Å². The molecule has 6 nitrogen and oxygen atoms in total. The van der Waals surface area contributed by atoms with Gasteiger partial charge in [0.25, 0.3) is 15.9 Å². The van der Waals surface area contributed by atoms with E-state index in [4.69, 9.17) is 11.6 Å². The van der Waals surface area contributed by atoms with Gasteiger partial charge in [0.15, 0.2) is 0 Å². The Kier molecular flexibility index (Phi) is 6.05. The first kappa shape index (κ1) is 20.6. The molecule has 1 amide bonds. The average Bonchev–Trinajstić information content (AvgIpc) is 2.73. The highest BCUT2D eigenvalue weighted by Crippen LogP contribution is 2.26. The smallest absolute Gasteiger partial charge is 0.271 e. The number of rotatable bonds is 6. The minimum atomic E-state index is -3.99. The Morgan fingerprint density at radius 1 is 1.00 bits per heavy atom. The van der Waals surface area contributed by atoms with E-state index >= 15 is 0 Å². The van der Waals surface area contributed by atoms with Crippen molar-refractivity contribution in [3.05, 3.63) is 89.2 Å². The van der Waals surface area contributed by atoms with Crippen LogP contribution in [0.4, 0.5) is 15.8 Å². The third-order valence-electron chi connectivity index (χ3n) is 4.13. The van der Waals surface area contributed by atoms with Gasteiger partial charge in [0.05, 0.1) is 26.9 Å². The SMILES string of the molecule is CN(c1ccc(F)cc1)S(=O)(=O)c1ccc(Cl)c(C(=O)NNc2ccccc2)c1. The van der Waals surface area contributed by atoms with Crippen LogP contribution in [0.1, 0.15) is 10.4 Å². The summed E-state index contributed by atoms with van der Waals surface area (Å²) in [7, 11) is -2.65. The van der Waals surface area contributed by atoms with Gasteiger partial charge in [0.2, 0.25) is 0 Å². The molecule has 150 valence electrons. The zero-order valence-electron chi connectivity index (χ0n) is 15.3. The van der Waals surface area contributed by atoms with Gasteiger partial charge in [-0.1, -0.05) is 29.8 Å². The molecule has 2 N–H and O–H groups in total. The number of amides is 1. The Morgan fingerprint density at radius 2 is 1.66 bits per heavy atom. The maximum Gasteiger partial charge on any atom is 0.271 e. The van der Waals surface area contributed by atoms with Crippen LogP contribution in [0.5, 0.6) is 0 Å². The van der Waals surface area contributed by atoms with Crippen molar-refractivity contribution in [3.63, 3.8) is 0 Å². The fourth-order valence-electron chi connectivity index (χ4n) is 2.50. The number of benzene rings is 3. The van der Waals surface area contributed by atoms with E-state index in [0.29, 0.717) is 5.69 Å². The second-order valence-corrected chi connectivity index (χ2v) is 8.41. The van der Waals surface area contributed by atoms with Gasteiger partial charge in [-0.2, -0.15) is 0 Å². The summed E-state index contributed by atoms with van der Waals surface area (Å²) in [5, 5.41) is 0.0979. The van der Waals surface area contributed by atoms with Crippen molar-refractivity contribution in [2.24, 2.45) is 0 Å². The van der Waals surface area contributed by atoms with E-state index in [0.717, 1.165) is 16.4 Å². The molecule has 0 aliphatic rings. The molecule has 9 heteroatoms. The number of anilines is 2. The van der Waals surface area contributed by atoms with E-state index in [1.54, 1.807) is 24.3 Å². The van der Waals surface area contributed by atoms with Crippen molar-refractivity contribution in [2.75, 3.05) is 16.8 Å². The van der Waals surface area contributed by atoms with Gasteiger partial charge in [-0.3, -0.25) is 20.0 Å². The third kappa shape index (κ3) is 4.67. The van der Waals surface area contributed by atoms with Crippen molar-refractivity contribution in [1.82, 2.24) is 5.43 Å². The van der Waals surface area contributed by atoms with Gasteiger partial charge in [-0.05, 0) is 54.6 Å². The van der Waals surface area contributed by atoms with Gasteiger partial charge < -0.3 is 0 Å². The molecule has 0 fully saturated rings. The number of nitrogens with one attached hydrogen (secondary N) is 2. The summed E-state index contributed by atoms with van der Waals surface area (Å²) in [5.41, 5.74) is 6.12. The standard InChI is InChI=1S/C20H17ClFN3O3S/c1-25(16-9-7-14(22)8-10-16)29(27,28)17-11-12-19(21)18(13-17)20(26)24-23-15-5-3-2-4-6-15/h2-13,23H,1H3,(H,24,26). The highest BCUT2D eigenvalue weighted by atomic mass is 35.5. The van der Waals surface area contributed by atoms with Crippen molar-refractivity contribution in [2.45, 2.75) is 4.90 Å². The number of hydrogen-bond acceptors (Lipinski definition) is 4. The van der Waals surface area contributed by atoms with E-state index < -0.39 is 21.7 Å². The molecular weight excluding hydrogens is 417 g/mol. The van der Waals surface area contributed by atoms with Crippen molar-refractivity contribution < 1.29 is 17.6 Å². The highest BCUT2D eigenvalue weighted by Gasteiger charge is 2.24. The first-order valence-corrected chi connectivity index (χ1v) is 10.3. The van der Waals surface area contributed by atoms with Crippen LogP contribution >= 0.6 is 11.6 Å². The van der Waals surface area contributed by atoms with E-state index in [1.165, 1.54) is 37.4 Å². The van der Waals surface area contributed by atoms with Crippen LogP contribution in [0.15, 0.2) is 77.7 Å². The molecule has 0 aromatic heterocycles. The lowest BCUT2D eigenvalue weighted by atomic mass is 10.2. The summed E-state index contributed by atoms with van der Waals surface area (Å²) < 4.78 is 40.0. The van der Waals surface area contributed by atoms with Crippen LogP contribution in [0, 0.1) is 5.82 Å². The summed E-state index contributed by atoms with van der Waals surface area (Å²) in [4.78, 5) is 12.4. The molecule has 29 heavy (non-hydrogen) atoms. The average molecular weight is 434 g/mol. The Bertz CT molecular complexity index is 1120. The van der Waals surface area contributed by atoms with Crippen LogP contribution in [0.2, 0.25) is 5.02 Å². The number of nitrogens with zero attached hydrogens (tertiary/aromatic N) is 1. The van der Waals surface area contributed by atoms with Gasteiger partial charge in [-0.25, -0.2) is 12.8 Å². The molecule has 0 atom stereocenters. The number of para-hydroxylation sites is 1. The van der Waals surface area contributed by atoms with Gasteiger partial charge in [-0.15, -0.1) is 0 Å². The quantitative estimate of drug-likeness (QED) is 0.574. The molecule has 3 aromatic carbocycles. The van der Waals surface area contributed by atoms with E-state index in [2.05, 4.69) is 10.9 Å². The zero-order valence-corrected chi connectivity index (χ0v) is 16.8. The largest absolute Gasteiger partial charge is 0.298 e. The summed E-state index contributed by atoms with van der Waals surface area (Å²) >= 11 is 6.10. The molecule has 0 saturated heterocycles. The number of carbonyl (C=O) groups excluding carboxylic acids is 1. The molecule has 3 rings (SSSR count). The van der Waals surface area contributed by atoms with Gasteiger partial charge in [0.1, 0.15) is 5.82 Å².